The van der Waals surface area contributed by atoms with Crippen LogP contribution in [0.1, 0.15) is 18.7 Å². The van der Waals surface area contributed by atoms with E-state index in [0.717, 1.165) is 24.4 Å². The van der Waals surface area contributed by atoms with Gasteiger partial charge in [-0.25, -0.2) is 4.98 Å². The number of hydrogen-bond acceptors (Lipinski definition) is 2. The number of aromatic amines is 1. The van der Waals surface area contributed by atoms with E-state index in [-0.39, 0.29) is 5.41 Å². The lowest BCUT2D eigenvalue weighted by molar-refractivity contribution is 0.659. The zero-order valence-electron chi connectivity index (χ0n) is 11.6. The van der Waals surface area contributed by atoms with Gasteiger partial charge in [0.1, 0.15) is 5.82 Å². The van der Waals surface area contributed by atoms with E-state index in [1.165, 1.54) is 16.5 Å². The molecule has 0 saturated heterocycles. The van der Waals surface area contributed by atoms with Crippen molar-refractivity contribution in [1.29, 1.82) is 0 Å². The molecule has 0 aliphatic heterocycles. The summed E-state index contributed by atoms with van der Waals surface area (Å²) in [4.78, 5) is 8.05. The van der Waals surface area contributed by atoms with Crippen molar-refractivity contribution >= 4 is 10.9 Å². The topological polar surface area (TPSA) is 59.6 Å². The van der Waals surface area contributed by atoms with E-state index in [9.17, 15) is 0 Å². The van der Waals surface area contributed by atoms with Crippen molar-refractivity contribution in [1.82, 2.24) is 14.5 Å². The van der Waals surface area contributed by atoms with Crippen molar-refractivity contribution in [3.05, 3.63) is 42.5 Å². The molecule has 0 bridgehead atoms. The normalized spacial score (nSPS) is 16.7. The summed E-state index contributed by atoms with van der Waals surface area (Å²) in [6.07, 6.45) is 6.38. The van der Waals surface area contributed by atoms with Gasteiger partial charge < -0.3 is 15.3 Å². The highest BCUT2D eigenvalue weighted by atomic mass is 15.0. The lowest BCUT2D eigenvalue weighted by Crippen LogP contribution is -2.21. The molecule has 4 rings (SSSR count). The summed E-state index contributed by atoms with van der Waals surface area (Å²) < 4.78 is 2.15. The molecule has 1 fully saturated rings. The summed E-state index contributed by atoms with van der Waals surface area (Å²) in [5.41, 5.74) is 9.51. The Morgan fingerprint density at radius 3 is 2.90 bits per heavy atom. The summed E-state index contributed by atoms with van der Waals surface area (Å²) in [6, 6.07) is 8.43. The zero-order chi connectivity index (χ0) is 13.7. The number of benzene rings is 1. The molecular formula is C16H18N4. The molecule has 0 radical (unpaired) electrons. The molecule has 4 heteroatoms. The van der Waals surface area contributed by atoms with E-state index in [2.05, 4.69) is 52.0 Å². The van der Waals surface area contributed by atoms with E-state index in [1.807, 2.05) is 6.20 Å². The molecule has 0 spiro atoms. The fourth-order valence-electron chi connectivity index (χ4n) is 2.97. The zero-order valence-corrected chi connectivity index (χ0v) is 11.6. The summed E-state index contributed by atoms with van der Waals surface area (Å²) in [6.45, 7) is 0.676. The lowest BCUT2D eigenvalue weighted by atomic mass is 10.1. The number of aryl methyl sites for hydroxylation is 1. The monoisotopic (exact) mass is 266 g/mol. The number of rotatable bonds is 3. The largest absolute Gasteiger partial charge is 0.350 e. The first-order valence-electron chi connectivity index (χ1n) is 7.03. The highest BCUT2D eigenvalue weighted by molar-refractivity contribution is 5.95. The van der Waals surface area contributed by atoms with E-state index in [0.29, 0.717) is 6.54 Å². The van der Waals surface area contributed by atoms with Gasteiger partial charge in [-0.2, -0.15) is 0 Å². The van der Waals surface area contributed by atoms with Gasteiger partial charge in [-0.1, -0.05) is 18.2 Å². The Hall–Kier alpha value is -2.07. The quantitative estimate of drug-likeness (QED) is 0.765. The Bertz CT molecular complexity index is 777. The minimum atomic E-state index is 0.114. The third-order valence-electron chi connectivity index (χ3n) is 4.51. The van der Waals surface area contributed by atoms with Crippen LogP contribution >= 0.6 is 0 Å². The molecule has 3 N–H and O–H groups in total. The third-order valence-corrected chi connectivity index (χ3v) is 4.51. The van der Waals surface area contributed by atoms with Crippen LogP contribution in [0.4, 0.5) is 0 Å². The average Bonchev–Trinajstić information content (AvgIpc) is 3.00. The van der Waals surface area contributed by atoms with Crippen molar-refractivity contribution in [3.8, 4) is 11.3 Å². The third kappa shape index (κ3) is 1.55. The second kappa shape index (κ2) is 3.96. The van der Waals surface area contributed by atoms with Crippen LogP contribution in [0.3, 0.4) is 0 Å². The van der Waals surface area contributed by atoms with Gasteiger partial charge in [0.2, 0.25) is 0 Å². The van der Waals surface area contributed by atoms with Crippen molar-refractivity contribution in [3.63, 3.8) is 0 Å². The summed E-state index contributed by atoms with van der Waals surface area (Å²) in [5, 5.41) is 1.25. The molecule has 0 unspecified atom stereocenters. The first kappa shape index (κ1) is 11.7. The van der Waals surface area contributed by atoms with E-state index in [1.54, 1.807) is 0 Å². The predicted octanol–water partition coefficient (Wildman–Crippen LogP) is 2.56. The predicted molar refractivity (Wildman–Crippen MR) is 80.5 cm³/mol. The molecule has 2 aromatic heterocycles. The minimum absolute atomic E-state index is 0.114. The summed E-state index contributed by atoms with van der Waals surface area (Å²) in [7, 11) is 2.07. The number of nitrogens with one attached hydrogen (secondary N) is 1. The lowest BCUT2D eigenvalue weighted by Gasteiger charge is -2.07. The highest BCUT2D eigenvalue weighted by Gasteiger charge is 2.45. The molecule has 2 heterocycles. The van der Waals surface area contributed by atoms with Crippen molar-refractivity contribution in [2.24, 2.45) is 12.8 Å². The number of para-hydroxylation sites is 1. The van der Waals surface area contributed by atoms with Crippen LogP contribution in [0.2, 0.25) is 0 Å². The number of nitrogens with zero attached hydrogens (tertiary/aromatic N) is 2. The average molecular weight is 266 g/mol. The Balaban J connectivity index is 1.84. The molecule has 0 atom stereocenters. The minimum Gasteiger partial charge on any atom is -0.350 e. The number of nitrogens with two attached hydrogens (primary N) is 1. The van der Waals surface area contributed by atoms with Crippen LogP contribution in [-0.2, 0) is 12.5 Å². The fourth-order valence-corrected chi connectivity index (χ4v) is 2.97. The molecule has 4 nitrogen and oxygen atoms in total. The maximum absolute atomic E-state index is 5.88. The van der Waals surface area contributed by atoms with E-state index < -0.39 is 0 Å². The Labute approximate surface area is 117 Å². The molecular weight excluding hydrogens is 248 g/mol. The number of H-pyrrole nitrogens is 1. The maximum Gasteiger partial charge on any atom is 0.114 e. The van der Waals surface area contributed by atoms with Gasteiger partial charge in [0.05, 0.1) is 11.9 Å². The maximum atomic E-state index is 5.88. The van der Waals surface area contributed by atoms with Crippen molar-refractivity contribution in [2.75, 3.05) is 6.54 Å². The van der Waals surface area contributed by atoms with Crippen molar-refractivity contribution < 1.29 is 0 Å². The van der Waals surface area contributed by atoms with E-state index >= 15 is 0 Å². The van der Waals surface area contributed by atoms with Gasteiger partial charge in [0.25, 0.3) is 0 Å². The molecule has 102 valence electrons. The van der Waals surface area contributed by atoms with Crippen LogP contribution in [0, 0.1) is 0 Å². The number of aromatic nitrogens is 3. The first-order valence-corrected chi connectivity index (χ1v) is 7.03. The molecule has 20 heavy (non-hydrogen) atoms. The van der Waals surface area contributed by atoms with E-state index in [4.69, 9.17) is 5.73 Å². The van der Waals surface area contributed by atoms with Crippen LogP contribution in [0.25, 0.3) is 22.2 Å². The van der Waals surface area contributed by atoms with Gasteiger partial charge in [0.15, 0.2) is 0 Å². The Morgan fingerprint density at radius 2 is 2.15 bits per heavy atom. The highest BCUT2D eigenvalue weighted by Crippen LogP contribution is 2.46. The second-order valence-electron chi connectivity index (χ2n) is 5.80. The SMILES string of the molecule is Cn1cc(-c2cnc(C3(CN)CC3)[nH]2)c2ccccc21. The van der Waals surface area contributed by atoms with Crippen LogP contribution in [0.5, 0.6) is 0 Å². The summed E-state index contributed by atoms with van der Waals surface area (Å²) >= 11 is 0. The number of imidazole rings is 1. The first-order chi connectivity index (χ1) is 9.73. The standard InChI is InChI=1S/C16H18N4/c1-20-9-12(11-4-2-3-5-14(11)20)13-8-18-15(19-13)16(10-17)6-7-16/h2-5,8-9H,6-7,10,17H2,1H3,(H,18,19). The van der Waals surface area contributed by atoms with Gasteiger partial charge in [-0.3, -0.25) is 0 Å². The second-order valence-corrected chi connectivity index (χ2v) is 5.80. The van der Waals surface area contributed by atoms with Gasteiger partial charge >= 0.3 is 0 Å². The van der Waals surface area contributed by atoms with Crippen molar-refractivity contribution in [2.45, 2.75) is 18.3 Å². The molecule has 1 aliphatic carbocycles. The molecule has 1 aliphatic rings. The Kier molecular flexibility index (Phi) is 2.32. The molecule has 3 aromatic rings. The van der Waals surface area contributed by atoms with Gasteiger partial charge in [-0.15, -0.1) is 0 Å². The molecule has 1 saturated carbocycles. The number of hydrogen-bond donors (Lipinski definition) is 2. The van der Waals surface area contributed by atoms with Crippen LogP contribution in [0.15, 0.2) is 36.7 Å². The molecule has 0 amide bonds. The number of fused-ring (bicyclic) bond motifs is 1. The fraction of sp³-hybridized carbons (Fsp3) is 0.312. The van der Waals surface area contributed by atoms with Crippen LogP contribution in [-0.4, -0.2) is 21.1 Å². The smallest absolute Gasteiger partial charge is 0.114 e. The Morgan fingerprint density at radius 1 is 1.35 bits per heavy atom. The molecule has 1 aromatic carbocycles. The van der Waals surface area contributed by atoms with Crippen LogP contribution < -0.4 is 5.73 Å². The summed E-state index contributed by atoms with van der Waals surface area (Å²) in [5.74, 6) is 1.04. The van der Waals surface area contributed by atoms with Gasteiger partial charge in [-0.05, 0) is 18.9 Å². The van der Waals surface area contributed by atoms with Gasteiger partial charge in [0, 0.05) is 41.7 Å².